The molecule has 0 bridgehead atoms. The van der Waals surface area contributed by atoms with Crippen LogP contribution in [0, 0.1) is 0 Å². The topological polar surface area (TPSA) is 91.8 Å². The Kier molecular flexibility index (Phi) is 4.13. The third-order valence-corrected chi connectivity index (χ3v) is 5.03. The Hall–Kier alpha value is -3.87. The Morgan fingerprint density at radius 1 is 1.00 bits per heavy atom. The van der Waals surface area contributed by atoms with Crippen LogP contribution in [0.1, 0.15) is 22.5 Å². The van der Waals surface area contributed by atoms with E-state index in [9.17, 15) is 9.59 Å². The van der Waals surface area contributed by atoms with E-state index >= 15 is 0 Å². The summed E-state index contributed by atoms with van der Waals surface area (Å²) in [5.41, 5.74) is 1.92. The molecule has 0 spiro atoms. The highest BCUT2D eigenvalue weighted by atomic mass is 16.2. The molecule has 0 aliphatic carbocycles. The first kappa shape index (κ1) is 17.2. The Balaban J connectivity index is 1.59. The molecule has 1 aliphatic rings. The standard InChI is InChI=1S/C22H17N5O2/c28-21-15-7-5-13-27(20(15)25-19(26-21)17-9-3-4-12-23-17)22(29)18-11-10-14-6-1-2-8-16(14)24-18/h1-4,6,8-12H,5,7,13H2,(H,25,26,28). The highest BCUT2D eigenvalue weighted by Crippen LogP contribution is 2.26. The molecule has 1 aromatic carbocycles. The summed E-state index contributed by atoms with van der Waals surface area (Å²) < 4.78 is 0. The van der Waals surface area contributed by atoms with Crippen molar-refractivity contribution in [2.45, 2.75) is 12.8 Å². The maximum Gasteiger partial charge on any atom is 0.278 e. The van der Waals surface area contributed by atoms with Crippen LogP contribution >= 0.6 is 0 Å². The fourth-order valence-electron chi connectivity index (χ4n) is 3.60. The van der Waals surface area contributed by atoms with E-state index in [0.29, 0.717) is 48.0 Å². The molecule has 1 aliphatic heterocycles. The number of benzene rings is 1. The number of aromatic amines is 1. The SMILES string of the molecule is O=C(c1ccc2ccccc2n1)N1CCCc2c1nc(-c1ccccn1)[nH]c2=O. The molecule has 1 amide bonds. The van der Waals surface area contributed by atoms with Gasteiger partial charge in [-0.05, 0) is 37.1 Å². The summed E-state index contributed by atoms with van der Waals surface area (Å²) in [5, 5.41) is 0.968. The molecule has 5 rings (SSSR count). The van der Waals surface area contributed by atoms with Crippen molar-refractivity contribution in [3.8, 4) is 11.5 Å². The average Bonchev–Trinajstić information content (AvgIpc) is 2.78. The van der Waals surface area contributed by atoms with Gasteiger partial charge in [0.1, 0.15) is 17.2 Å². The number of para-hydroxylation sites is 1. The number of fused-ring (bicyclic) bond motifs is 2. The third kappa shape index (κ3) is 3.06. The Morgan fingerprint density at radius 2 is 1.86 bits per heavy atom. The predicted molar refractivity (Wildman–Crippen MR) is 110 cm³/mol. The lowest BCUT2D eigenvalue weighted by molar-refractivity contribution is 0.0980. The molecule has 3 aromatic heterocycles. The number of carbonyl (C=O) groups excluding carboxylic acids is 1. The van der Waals surface area contributed by atoms with Gasteiger partial charge in [-0.2, -0.15) is 0 Å². The van der Waals surface area contributed by atoms with Crippen LogP contribution in [-0.4, -0.2) is 32.4 Å². The second-order valence-corrected chi connectivity index (χ2v) is 6.88. The lowest BCUT2D eigenvalue weighted by atomic mass is 10.1. The Bertz CT molecular complexity index is 1280. The van der Waals surface area contributed by atoms with Crippen LogP contribution in [0.2, 0.25) is 0 Å². The summed E-state index contributed by atoms with van der Waals surface area (Å²) in [4.78, 5) is 43.6. The number of nitrogens with zero attached hydrogens (tertiary/aromatic N) is 4. The number of anilines is 1. The van der Waals surface area contributed by atoms with Gasteiger partial charge in [0, 0.05) is 18.1 Å². The van der Waals surface area contributed by atoms with Gasteiger partial charge < -0.3 is 4.98 Å². The normalized spacial score (nSPS) is 13.3. The zero-order valence-corrected chi connectivity index (χ0v) is 15.5. The van der Waals surface area contributed by atoms with Crippen molar-refractivity contribution in [2.24, 2.45) is 0 Å². The zero-order valence-electron chi connectivity index (χ0n) is 15.5. The quantitative estimate of drug-likeness (QED) is 0.575. The van der Waals surface area contributed by atoms with Crippen LogP contribution < -0.4 is 10.5 Å². The summed E-state index contributed by atoms with van der Waals surface area (Å²) in [5.74, 6) is 0.475. The van der Waals surface area contributed by atoms with Crippen molar-refractivity contribution in [1.82, 2.24) is 19.9 Å². The number of aromatic nitrogens is 4. The van der Waals surface area contributed by atoms with Crippen LogP contribution in [0.25, 0.3) is 22.4 Å². The summed E-state index contributed by atoms with van der Waals surface area (Å²) in [6, 6.07) is 16.6. The number of pyridine rings is 2. The predicted octanol–water partition coefficient (Wildman–Crippen LogP) is 2.97. The summed E-state index contributed by atoms with van der Waals surface area (Å²) in [6.07, 6.45) is 2.91. The molecule has 7 heteroatoms. The second kappa shape index (κ2) is 6.94. The van der Waals surface area contributed by atoms with Crippen molar-refractivity contribution in [3.05, 3.63) is 82.4 Å². The van der Waals surface area contributed by atoms with Crippen molar-refractivity contribution in [2.75, 3.05) is 11.4 Å². The largest absolute Gasteiger partial charge is 0.305 e. The molecule has 0 saturated carbocycles. The fraction of sp³-hybridized carbons (Fsp3) is 0.136. The van der Waals surface area contributed by atoms with E-state index in [1.165, 1.54) is 0 Å². The smallest absolute Gasteiger partial charge is 0.278 e. The van der Waals surface area contributed by atoms with E-state index in [0.717, 1.165) is 10.9 Å². The molecule has 0 fully saturated rings. The molecule has 0 radical (unpaired) electrons. The van der Waals surface area contributed by atoms with Gasteiger partial charge >= 0.3 is 0 Å². The fourth-order valence-corrected chi connectivity index (χ4v) is 3.60. The van der Waals surface area contributed by atoms with Crippen LogP contribution in [0.4, 0.5) is 5.82 Å². The maximum absolute atomic E-state index is 13.3. The van der Waals surface area contributed by atoms with Gasteiger partial charge in [0.25, 0.3) is 11.5 Å². The van der Waals surface area contributed by atoms with Crippen LogP contribution in [0.5, 0.6) is 0 Å². The van der Waals surface area contributed by atoms with Crippen molar-refractivity contribution in [1.29, 1.82) is 0 Å². The molecule has 29 heavy (non-hydrogen) atoms. The van der Waals surface area contributed by atoms with Gasteiger partial charge in [0.15, 0.2) is 5.82 Å². The zero-order chi connectivity index (χ0) is 19.8. The van der Waals surface area contributed by atoms with Gasteiger partial charge in [-0.3, -0.25) is 19.5 Å². The number of carbonyl (C=O) groups is 1. The minimum Gasteiger partial charge on any atom is -0.305 e. The molecule has 4 aromatic rings. The van der Waals surface area contributed by atoms with Crippen molar-refractivity contribution >= 4 is 22.6 Å². The Morgan fingerprint density at radius 3 is 2.72 bits per heavy atom. The lowest BCUT2D eigenvalue weighted by Gasteiger charge is -2.27. The van der Waals surface area contributed by atoms with Gasteiger partial charge in [0.2, 0.25) is 0 Å². The van der Waals surface area contributed by atoms with E-state index < -0.39 is 0 Å². The second-order valence-electron chi connectivity index (χ2n) is 6.88. The van der Waals surface area contributed by atoms with Gasteiger partial charge in [-0.1, -0.05) is 30.3 Å². The minimum absolute atomic E-state index is 0.236. The number of H-pyrrole nitrogens is 1. The maximum atomic E-state index is 13.3. The van der Waals surface area contributed by atoms with E-state index in [1.807, 2.05) is 36.4 Å². The van der Waals surface area contributed by atoms with E-state index in [2.05, 4.69) is 19.9 Å². The molecule has 0 unspecified atom stereocenters. The first-order chi connectivity index (χ1) is 14.2. The highest BCUT2D eigenvalue weighted by molar-refractivity contribution is 6.06. The van der Waals surface area contributed by atoms with E-state index in [1.54, 1.807) is 29.3 Å². The number of nitrogens with one attached hydrogen (secondary N) is 1. The molecule has 0 saturated heterocycles. The van der Waals surface area contributed by atoms with Crippen LogP contribution in [-0.2, 0) is 6.42 Å². The van der Waals surface area contributed by atoms with Gasteiger partial charge in [-0.15, -0.1) is 0 Å². The minimum atomic E-state index is -0.262. The van der Waals surface area contributed by atoms with Gasteiger partial charge in [-0.25, -0.2) is 9.97 Å². The molecule has 142 valence electrons. The third-order valence-electron chi connectivity index (χ3n) is 5.03. The summed E-state index contributed by atoms with van der Waals surface area (Å²) in [7, 11) is 0. The highest BCUT2D eigenvalue weighted by Gasteiger charge is 2.28. The first-order valence-corrected chi connectivity index (χ1v) is 9.43. The molecule has 0 atom stereocenters. The monoisotopic (exact) mass is 383 g/mol. The van der Waals surface area contributed by atoms with Crippen molar-refractivity contribution in [3.63, 3.8) is 0 Å². The summed E-state index contributed by atoms with van der Waals surface area (Å²) >= 11 is 0. The van der Waals surface area contributed by atoms with E-state index in [4.69, 9.17) is 0 Å². The van der Waals surface area contributed by atoms with Crippen LogP contribution in [0.3, 0.4) is 0 Å². The van der Waals surface area contributed by atoms with Gasteiger partial charge in [0.05, 0.1) is 11.1 Å². The Labute approximate surface area is 166 Å². The van der Waals surface area contributed by atoms with E-state index in [-0.39, 0.29) is 11.5 Å². The molecule has 4 heterocycles. The number of rotatable bonds is 2. The average molecular weight is 383 g/mol. The molecular formula is C22H17N5O2. The van der Waals surface area contributed by atoms with Crippen molar-refractivity contribution < 1.29 is 4.79 Å². The lowest BCUT2D eigenvalue weighted by Crippen LogP contribution is -2.39. The van der Waals surface area contributed by atoms with Crippen LogP contribution in [0.15, 0.2) is 65.6 Å². The molecule has 1 N–H and O–H groups in total. The first-order valence-electron chi connectivity index (χ1n) is 9.43. The summed E-state index contributed by atoms with van der Waals surface area (Å²) in [6.45, 7) is 0.485. The number of hydrogen-bond donors (Lipinski definition) is 1. The number of hydrogen-bond acceptors (Lipinski definition) is 5. The number of amides is 1. The molecular weight excluding hydrogens is 366 g/mol. The molecule has 7 nitrogen and oxygen atoms in total.